The summed E-state index contributed by atoms with van der Waals surface area (Å²) >= 11 is 0. The lowest BCUT2D eigenvalue weighted by Gasteiger charge is -2.16. The molecule has 0 aliphatic heterocycles. The summed E-state index contributed by atoms with van der Waals surface area (Å²) in [7, 11) is 0. The third kappa shape index (κ3) is 3.20. The highest BCUT2D eigenvalue weighted by Crippen LogP contribution is 2.08. The van der Waals surface area contributed by atoms with Crippen LogP contribution < -0.4 is 5.32 Å². The van der Waals surface area contributed by atoms with Crippen LogP contribution in [0.25, 0.3) is 5.69 Å². The van der Waals surface area contributed by atoms with E-state index < -0.39 is 0 Å². The number of rotatable bonds is 5. The van der Waals surface area contributed by atoms with E-state index in [2.05, 4.69) is 49.5 Å². The molecule has 0 bridgehead atoms. The van der Waals surface area contributed by atoms with Crippen molar-refractivity contribution in [3.8, 4) is 5.69 Å². The maximum absolute atomic E-state index is 4.39. The number of hydrogen-bond acceptors (Lipinski definition) is 2. The molecule has 1 heterocycles. The second kappa shape index (κ2) is 5.83. The molecule has 0 aliphatic rings. The summed E-state index contributed by atoms with van der Waals surface area (Å²) in [6.07, 6.45) is 4.00. The average molecular weight is 243 g/mol. The minimum Gasteiger partial charge on any atom is -0.310 e. The van der Waals surface area contributed by atoms with E-state index in [1.165, 1.54) is 5.56 Å². The van der Waals surface area contributed by atoms with Crippen LogP contribution in [0.1, 0.15) is 26.3 Å². The summed E-state index contributed by atoms with van der Waals surface area (Å²) < 4.78 is 1.91. The molecule has 1 aromatic carbocycles. The van der Waals surface area contributed by atoms with Gasteiger partial charge in [-0.05, 0) is 25.0 Å². The Bertz CT molecular complexity index is 473. The van der Waals surface area contributed by atoms with E-state index in [1.54, 1.807) is 0 Å². The van der Waals surface area contributed by atoms with Crippen LogP contribution in [0.4, 0.5) is 0 Å². The van der Waals surface area contributed by atoms with Gasteiger partial charge in [0, 0.05) is 24.3 Å². The standard InChI is InChI=1S/C15H21N3/c1-12(2)13(3)16-9-14-10-17-18(11-14)15-7-5-4-6-8-15/h4-8,10-13,16H,9H2,1-3H3. The smallest absolute Gasteiger partial charge is 0.0645 e. The van der Waals surface area contributed by atoms with Gasteiger partial charge in [0.05, 0.1) is 11.9 Å². The molecule has 3 nitrogen and oxygen atoms in total. The maximum Gasteiger partial charge on any atom is 0.0645 e. The van der Waals surface area contributed by atoms with Gasteiger partial charge in [-0.15, -0.1) is 0 Å². The van der Waals surface area contributed by atoms with Crippen molar-refractivity contribution in [3.05, 3.63) is 48.3 Å². The predicted molar refractivity (Wildman–Crippen MR) is 74.7 cm³/mol. The SMILES string of the molecule is CC(C)C(C)NCc1cnn(-c2ccccc2)c1. The van der Waals surface area contributed by atoms with Crippen molar-refractivity contribution < 1.29 is 0 Å². The highest BCUT2D eigenvalue weighted by atomic mass is 15.3. The van der Waals surface area contributed by atoms with E-state index in [0.29, 0.717) is 12.0 Å². The van der Waals surface area contributed by atoms with Gasteiger partial charge < -0.3 is 5.32 Å². The fourth-order valence-corrected chi connectivity index (χ4v) is 1.69. The largest absolute Gasteiger partial charge is 0.310 e. The van der Waals surface area contributed by atoms with Crippen molar-refractivity contribution in [2.75, 3.05) is 0 Å². The number of hydrogen-bond donors (Lipinski definition) is 1. The Kier molecular flexibility index (Phi) is 4.15. The van der Waals surface area contributed by atoms with Crippen LogP contribution in [-0.4, -0.2) is 15.8 Å². The van der Waals surface area contributed by atoms with Gasteiger partial charge in [-0.3, -0.25) is 0 Å². The number of nitrogens with zero attached hydrogens (tertiary/aromatic N) is 2. The fourth-order valence-electron chi connectivity index (χ4n) is 1.69. The highest BCUT2D eigenvalue weighted by molar-refractivity contribution is 5.30. The van der Waals surface area contributed by atoms with Crippen LogP contribution in [0.2, 0.25) is 0 Å². The first-order valence-electron chi connectivity index (χ1n) is 6.49. The van der Waals surface area contributed by atoms with E-state index in [-0.39, 0.29) is 0 Å². The lowest BCUT2D eigenvalue weighted by atomic mass is 10.1. The Hall–Kier alpha value is -1.61. The minimum absolute atomic E-state index is 0.519. The van der Waals surface area contributed by atoms with Crippen molar-refractivity contribution in [1.82, 2.24) is 15.1 Å². The van der Waals surface area contributed by atoms with Gasteiger partial charge in [0.2, 0.25) is 0 Å². The summed E-state index contributed by atoms with van der Waals surface area (Å²) in [5.74, 6) is 0.647. The molecule has 2 aromatic rings. The Labute approximate surface area is 109 Å². The molecule has 0 amide bonds. The molecular formula is C15H21N3. The van der Waals surface area contributed by atoms with Crippen LogP contribution in [0.5, 0.6) is 0 Å². The molecule has 0 spiro atoms. The Morgan fingerprint density at radius 3 is 2.56 bits per heavy atom. The lowest BCUT2D eigenvalue weighted by molar-refractivity contribution is 0.426. The second-order valence-electron chi connectivity index (χ2n) is 5.04. The van der Waals surface area contributed by atoms with E-state index >= 15 is 0 Å². The number of nitrogens with one attached hydrogen (secondary N) is 1. The molecule has 2 rings (SSSR count). The van der Waals surface area contributed by atoms with Crippen LogP contribution >= 0.6 is 0 Å². The zero-order valence-corrected chi connectivity index (χ0v) is 11.3. The van der Waals surface area contributed by atoms with Crippen molar-refractivity contribution in [3.63, 3.8) is 0 Å². The summed E-state index contributed by atoms with van der Waals surface area (Å²) in [5, 5.41) is 7.90. The molecule has 18 heavy (non-hydrogen) atoms. The third-order valence-electron chi connectivity index (χ3n) is 3.28. The average Bonchev–Trinajstić information content (AvgIpc) is 2.85. The summed E-state index contributed by atoms with van der Waals surface area (Å²) in [6.45, 7) is 7.54. The van der Waals surface area contributed by atoms with E-state index in [0.717, 1.165) is 12.2 Å². The molecule has 96 valence electrons. The van der Waals surface area contributed by atoms with E-state index in [4.69, 9.17) is 0 Å². The topological polar surface area (TPSA) is 29.9 Å². The summed E-state index contributed by atoms with van der Waals surface area (Å²) in [6, 6.07) is 10.7. The maximum atomic E-state index is 4.39. The van der Waals surface area contributed by atoms with Crippen molar-refractivity contribution >= 4 is 0 Å². The van der Waals surface area contributed by atoms with Crippen molar-refractivity contribution in [1.29, 1.82) is 0 Å². The predicted octanol–water partition coefficient (Wildman–Crippen LogP) is 3.01. The quantitative estimate of drug-likeness (QED) is 0.875. The van der Waals surface area contributed by atoms with Gasteiger partial charge in [0.25, 0.3) is 0 Å². The molecule has 1 N–H and O–H groups in total. The molecule has 1 unspecified atom stereocenters. The normalized spacial score (nSPS) is 12.9. The van der Waals surface area contributed by atoms with Crippen LogP contribution in [0.3, 0.4) is 0 Å². The number of para-hydroxylation sites is 1. The van der Waals surface area contributed by atoms with Gasteiger partial charge >= 0.3 is 0 Å². The van der Waals surface area contributed by atoms with Crippen LogP contribution in [0, 0.1) is 5.92 Å². The molecule has 1 aromatic heterocycles. The summed E-state index contributed by atoms with van der Waals surface area (Å²) in [5.41, 5.74) is 2.31. The van der Waals surface area contributed by atoms with E-state index in [1.807, 2.05) is 29.1 Å². The van der Waals surface area contributed by atoms with Gasteiger partial charge in [-0.2, -0.15) is 5.10 Å². The first-order valence-corrected chi connectivity index (χ1v) is 6.49. The van der Waals surface area contributed by atoms with Crippen LogP contribution in [0.15, 0.2) is 42.7 Å². The minimum atomic E-state index is 0.519. The Morgan fingerprint density at radius 1 is 1.17 bits per heavy atom. The molecule has 0 saturated carbocycles. The van der Waals surface area contributed by atoms with Gasteiger partial charge in [0.1, 0.15) is 0 Å². The molecule has 3 heteroatoms. The first kappa shape index (κ1) is 12.8. The molecule has 0 fully saturated rings. The first-order chi connectivity index (χ1) is 8.66. The van der Waals surface area contributed by atoms with Crippen LogP contribution in [-0.2, 0) is 6.54 Å². The van der Waals surface area contributed by atoms with Gasteiger partial charge in [-0.1, -0.05) is 32.0 Å². The van der Waals surface area contributed by atoms with Gasteiger partial charge in [-0.25, -0.2) is 4.68 Å². The van der Waals surface area contributed by atoms with Gasteiger partial charge in [0.15, 0.2) is 0 Å². The monoisotopic (exact) mass is 243 g/mol. The van der Waals surface area contributed by atoms with Crippen molar-refractivity contribution in [2.24, 2.45) is 5.92 Å². The Balaban J connectivity index is 1.99. The van der Waals surface area contributed by atoms with Crippen molar-refractivity contribution in [2.45, 2.75) is 33.4 Å². The molecular weight excluding hydrogens is 222 g/mol. The third-order valence-corrected chi connectivity index (χ3v) is 3.28. The van der Waals surface area contributed by atoms with E-state index in [9.17, 15) is 0 Å². The number of benzene rings is 1. The molecule has 0 aliphatic carbocycles. The molecule has 0 saturated heterocycles. The fraction of sp³-hybridized carbons (Fsp3) is 0.400. The molecule has 1 atom stereocenters. The Morgan fingerprint density at radius 2 is 1.89 bits per heavy atom. The zero-order valence-electron chi connectivity index (χ0n) is 11.3. The highest BCUT2D eigenvalue weighted by Gasteiger charge is 2.07. The zero-order chi connectivity index (χ0) is 13.0. The lowest BCUT2D eigenvalue weighted by Crippen LogP contribution is -2.29. The summed E-state index contributed by atoms with van der Waals surface area (Å²) in [4.78, 5) is 0. The molecule has 0 radical (unpaired) electrons. The second-order valence-corrected chi connectivity index (χ2v) is 5.04. The number of aromatic nitrogens is 2.